The predicted molar refractivity (Wildman–Crippen MR) is 133 cm³/mol. The highest BCUT2D eigenvalue weighted by molar-refractivity contribution is 5.95. The van der Waals surface area contributed by atoms with Crippen LogP contribution in [0.25, 0.3) is 11.3 Å². The van der Waals surface area contributed by atoms with Gasteiger partial charge in [0.05, 0.1) is 18.8 Å². The Bertz CT molecular complexity index is 1310. The quantitative estimate of drug-likeness (QED) is 0.399. The number of aromatic nitrogens is 2. The fourth-order valence-corrected chi connectivity index (χ4v) is 4.08. The molecule has 1 aliphatic rings. The lowest BCUT2D eigenvalue weighted by molar-refractivity contribution is -0.118. The summed E-state index contributed by atoms with van der Waals surface area (Å²) in [4.78, 5) is 21.5. The van der Waals surface area contributed by atoms with Gasteiger partial charge in [0.2, 0.25) is 5.91 Å². The van der Waals surface area contributed by atoms with Crippen molar-refractivity contribution in [3.63, 3.8) is 0 Å². The van der Waals surface area contributed by atoms with Crippen molar-refractivity contribution >= 4 is 23.1 Å². The van der Waals surface area contributed by atoms with Gasteiger partial charge in [-0.1, -0.05) is 36.4 Å². The Balaban J connectivity index is 1.23. The molecule has 0 saturated carbocycles. The van der Waals surface area contributed by atoms with Gasteiger partial charge in [0.25, 0.3) is 0 Å². The Morgan fingerprint density at radius 2 is 1.68 bits per heavy atom. The molecule has 5 rings (SSSR count). The summed E-state index contributed by atoms with van der Waals surface area (Å²) in [5.74, 6) is 1.38. The van der Waals surface area contributed by atoms with Gasteiger partial charge in [-0.2, -0.15) is 0 Å². The lowest BCUT2D eigenvalue weighted by Crippen LogP contribution is -2.44. The molecule has 4 aromatic rings. The predicted octanol–water partition coefficient (Wildman–Crippen LogP) is 4.55. The summed E-state index contributed by atoms with van der Waals surface area (Å²) in [5, 5.41) is 9.62. The summed E-state index contributed by atoms with van der Waals surface area (Å²) in [6.07, 6.45) is 2.21. The molecule has 1 aliphatic heterocycles. The monoisotopic (exact) mass is 451 g/mol. The molecule has 34 heavy (non-hydrogen) atoms. The normalized spacial score (nSPS) is 14.7. The van der Waals surface area contributed by atoms with Crippen molar-refractivity contribution in [2.75, 3.05) is 17.7 Å². The van der Waals surface area contributed by atoms with E-state index in [1.807, 2.05) is 66.7 Å². The second kappa shape index (κ2) is 9.72. The average molecular weight is 452 g/mol. The second-order valence-corrected chi connectivity index (χ2v) is 8.09. The van der Waals surface area contributed by atoms with E-state index in [2.05, 4.69) is 38.1 Å². The van der Waals surface area contributed by atoms with E-state index in [1.165, 1.54) is 17.5 Å². The maximum absolute atomic E-state index is 12.8. The highest BCUT2D eigenvalue weighted by atomic mass is 16.5. The molecule has 3 aromatic carbocycles. The van der Waals surface area contributed by atoms with E-state index in [0.29, 0.717) is 18.8 Å². The molecule has 7 nitrogen and oxygen atoms in total. The summed E-state index contributed by atoms with van der Waals surface area (Å²) < 4.78 is 5.44. The van der Waals surface area contributed by atoms with Gasteiger partial charge in [-0.3, -0.25) is 4.79 Å². The summed E-state index contributed by atoms with van der Waals surface area (Å²) in [5.41, 5.74) is 5.73. The van der Waals surface area contributed by atoms with Crippen LogP contribution in [0, 0.1) is 0 Å². The van der Waals surface area contributed by atoms with E-state index in [-0.39, 0.29) is 11.9 Å². The van der Waals surface area contributed by atoms with Gasteiger partial charge in [0.15, 0.2) is 0 Å². The van der Waals surface area contributed by atoms with Crippen LogP contribution in [0.4, 0.5) is 17.2 Å². The van der Waals surface area contributed by atoms with E-state index in [4.69, 9.17) is 4.74 Å². The molecule has 0 unspecified atom stereocenters. The number of hydrogen-bond acceptors (Lipinski definition) is 6. The highest BCUT2D eigenvalue weighted by Crippen LogP contribution is 2.29. The minimum Gasteiger partial charge on any atom is -0.496 e. The molecular formula is C27H25N5O2. The van der Waals surface area contributed by atoms with Crippen LogP contribution in [0.1, 0.15) is 11.1 Å². The zero-order valence-electron chi connectivity index (χ0n) is 18.8. The molecule has 3 N–H and O–H groups in total. The Morgan fingerprint density at radius 3 is 2.50 bits per heavy atom. The number of hydrogen-bond donors (Lipinski definition) is 3. The molecule has 1 atom stereocenters. The molecule has 0 saturated heterocycles. The smallest absolute Gasteiger partial charge is 0.241 e. The van der Waals surface area contributed by atoms with Crippen LogP contribution in [0.2, 0.25) is 0 Å². The first kappa shape index (κ1) is 21.6. The number of anilines is 3. The van der Waals surface area contributed by atoms with E-state index in [1.54, 1.807) is 7.11 Å². The molecule has 1 aromatic heterocycles. The van der Waals surface area contributed by atoms with E-state index >= 15 is 0 Å². The summed E-state index contributed by atoms with van der Waals surface area (Å²) >= 11 is 0. The SMILES string of the molecule is COc1ccccc1-c1cc(Nc2ccc(NC(=O)[C@@H]3Cc4ccccc4CN3)cc2)ncn1. The standard InChI is InChI=1S/C27H25N5O2/c1-34-25-9-5-4-8-22(25)23-15-26(30-17-29-23)31-20-10-12-21(13-11-20)32-27(33)24-14-18-6-2-3-7-19(18)16-28-24/h2-13,15,17,24,28H,14,16H2,1H3,(H,32,33)(H,29,30,31)/t24-/m0/s1. The van der Waals surface area contributed by atoms with Crippen LogP contribution in [-0.4, -0.2) is 29.0 Å². The van der Waals surface area contributed by atoms with E-state index < -0.39 is 0 Å². The number of para-hydroxylation sites is 1. The molecule has 0 radical (unpaired) electrons. The maximum atomic E-state index is 12.8. The number of fused-ring (bicyclic) bond motifs is 1. The van der Waals surface area contributed by atoms with E-state index in [9.17, 15) is 4.79 Å². The van der Waals surface area contributed by atoms with Crippen molar-refractivity contribution in [3.8, 4) is 17.0 Å². The molecule has 2 heterocycles. The molecule has 7 heteroatoms. The van der Waals surface area contributed by atoms with Crippen LogP contribution in [0.5, 0.6) is 5.75 Å². The van der Waals surface area contributed by atoms with Crippen LogP contribution < -0.4 is 20.7 Å². The third kappa shape index (κ3) is 4.74. The molecule has 170 valence electrons. The molecular weight excluding hydrogens is 426 g/mol. The van der Waals surface area contributed by atoms with Crippen molar-refractivity contribution in [2.45, 2.75) is 19.0 Å². The number of amides is 1. The lowest BCUT2D eigenvalue weighted by Gasteiger charge is -2.25. The summed E-state index contributed by atoms with van der Waals surface area (Å²) in [6.45, 7) is 0.701. The fourth-order valence-electron chi connectivity index (χ4n) is 4.08. The summed E-state index contributed by atoms with van der Waals surface area (Å²) in [6, 6.07) is 25.1. The van der Waals surface area contributed by atoms with Crippen molar-refractivity contribution in [2.24, 2.45) is 0 Å². The fraction of sp³-hybridized carbons (Fsp3) is 0.148. The molecule has 0 aliphatic carbocycles. The number of nitrogens with one attached hydrogen (secondary N) is 3. The number of ether oxygens (including phenoxy) is 1. The Labute approximate surface area is 198 Å². The van der Waals surface area contributed by atoms with Gasteiger partial charge in [0, 0.05) is 29.5 Å². The first-order valence-corrected chi connectivity index (χ1v) is 11.1. The Kier molecular flexibility index (Phi) is 6.18. The third-order valence-corrected chi connectivity index (χ3v) is 5.87. The van der Waals surface area contributed by atoms with Gasteiger partial charge >= 0.3 is 0 Å². The summed E-state index contributed by atoms with van der Waals surface area (Å²) in [7, 11) is 1.64. The number of carbonyl (C=O) groups is 1. The largest absolute Gasteiger partial charge is 0.496 e. The topological polar surface area (TPSA) is 88.2 Å². The van der Waals surface area contributed by atoms with Crippen molar-refractivity contribution in [1.82, 2.24) is 15.3 Å². The lowest BCUT2D eigenvalue weighted by atomic mass is 9.95. The van der Waals surface area contributed by atoms with Crippen LogP contribution in [-0.2, 0) is 17.8 Å². The van der Waals surface area contributed by atoms with Gasteiger partial charge < -0.3 is 20.7 Å². The first-order chi connectivity index (χ1) is 16.7. The van der Waals surface area contributed by atoms with Crippen LogP contribution in [0.15, 0.2) is 85.2 Å². The van der Waals surface area contributed by atoms with Crippen molar-refractivity contribution in [1.29, 1.82) is 0 Å². The minimum absolute atomic E-state index is 0.0348. The van der Waals surface area contributed by atoms with Gasteiger partial charge in [-0.15, -0.1) is 0 Å². The Morgan fingerprint density at radius 1 is 0.941 bits per heavy atom. The van der Waals surface area contributed by atoms with Crippen LogP contribution >= 0.6 is 0 Å². The number of carbonyl (C=O) groups excluding carboxylic acids is 1. The number of nitrogens with zero attached hydrogens (tertiary/aromatic N) is 2. The second-order valence-electron chi connectivity index (χ2n) is 8.09. The highest BCUT2D eigenvalue weighted by Gasteiger charge is 2.23. The molecule has 1 amide bonds. The Hall–Kier alpha value is -4.23. The van der Waals surface area contributed by atoms with Crippen LogP contribution in [0.3, 0.4) is 0 Å². The van der Waals surface area contributed by atoms with Gasteiger partial charge in [-0.05, 0) is 53.9 Å². The minimum atomic E-state index is -0.248. The molecule has 0 fully saturated rings. The van der Waals surface area contributed by atoms with Gasteiger partial charge in [-0.25, -0.2) is 9.97 Å². The maximum Gasteiger partial charge on any atom is 0.241 e. The van der Waals surface area contributed by atoms with Crippen molar-refractivity contribution in [3.05, 3.63) is 96.3 Å². The first-order valence-electron chi connectivity index (χ1n) is 11.1. The third-order valence-electron chi connectivity index (χ3n) is 5.87. The number of benzene rings is 3. The number of methoxy groups -OCH3 is 1. The van der Waals surface area contributed by atoms with Gasteiger partial charge in [0.1, 0.15) is 17.9 Å². The number of rotatable bonds is 6. The van der Waals surface area contributed by atoms with Crippen molar-refractivity contribution < 1.29 is 9.53 Å². The molecule has 0 bridgehead atoms. The zero-order valence-corrected chi connectivity index (χ0v) is 18.8. The zero-order chi connectivity index (χ0) is 23.3. The van der Waals surface area contributed by atoms with E-state index in [0.717, 1.165) is 28.4 Å². The average Bonchev–Trinajstić information content (AvgIpc) is 2.89. The molecule has 0 spiro atoms.